The third-order valence-electron chi connectivity index (χ3n) is 12.5. The van der Waals surface area contributed by atoms with Crippen LogP contribution < -0.4 is 20.7 Å². The lowest BCUT2D eigenvalue weighted by Gasteiger charge is -2.32. The summed E-state index contributed by atoms with van der Waals surface area (Å²) < 4.78 is 11.0. The van der Waals surface area contributed by atoms with Gasteiger partial charge >= 0.3 is 5.97 Å². The molecule has 1 unspecified atom stereocenters. The van der Waals surface area contributed by atoms with E-state index in [9.17, 15) is 43.5 Å². The first-order chi connectivity index (χ1) is 31.4. The fraction of sp³-hybridized carbons (Fsp3) is 0.354. The molecule has 65 heavy (non-hydrogen) atoms. The monoisotopic (exact) mass is 884 g/mol. The van der Waals surface area contributed by atoms with Crippen LogP contribution in [0.3, 0.4) is 0 Å². The maximum absolute atomic E-state index is 13.5. The Hall–Kier alpha value is -7.43. The highest BCUT2D eigenvalue weighted by Gasteiger charge is 2.48. The smallest absolute Gasteiger partial charge is 0.332 e. The number of imide groups is 2. The van der Waals surface area contributed by atoms with Crippen molar-refractivity contribution < 1.29 is 52.9 Å². The SMILES string of the molecule is COC(=O)C1(NC(=O)c2nccc(-c3ccc(C(=O)NC4CCN(C(=O)CCCCCOc5cccc6c5C(=O)N(C5CCC(=O)NC5=O)C6=O)CC4)cc3)c2O)Cc2ccccc2C1. The first-order valence-electron chi connectivity index (χ1n) is 21.7. The molecular weight excluding hydrogens is 837 g/mol. The molecule has 0 saturated carbocycles. The average Bonchev–Trinajstić information content (AvgIpc) is 3.81. The molecule has 7 amide bonds. The number of esters is 1. The van der Waals surface area contributed by atoms with E-state index in [1.807, 2.05) is 24.3 Å². The van der Waals surface area contributed by atoms with Crippen molar-refractivity contribution in [3.8, 4) is 22.6 Å². The van der Waals surface area contributed by atoms with Crippen LogP contribution in [0.4, 0.5) is 0 Å². The highest BCUT2D eigenvalue weighted by molar-refractivity contribution is 6.24. The summed E-state index contributed by atoms with van der Waals surface area (Å²) in [6.07, 6.45) is 5.39. The number of methoxy groups -OCH3 is 1. The van der Waals surface area contributed by atoms with Crippen LogP contribution in [0.25, 0.3) is 11.1 Å². The maximum Gasteiger partial charge on any atom is 0.332 e. The minimum Gasteiger partial charge on any atom is -0.505 e. The number of unbranched alkanes of at least 4 members (excludes halogenated alkanes) is 2. The Morgan fingerprint density at radius 2 is 1.55 bits per heavy atom. The second-order valence-corrected chi connectivity index (χ2v) is 16.7. The lowest BCUT2D eigenvalue weighted by atomic mass is 9.95. The molecule has 17 nitrogen and oxygen atoms in total. The van der Waals surface area contributed by atoms with E-state index in [1.165, 1.54) is 19.4 Å². The van der Waals surface area contributed by atoms with Gasteiger partial charge in [-0.3, -0.25) is 43.8 Å². The van der Waals surface area contributed by atoms with Crippen molar-refractivity contribution in [2.45, 2.75) is 81.8 Å². The number of aromatic hydroxyl groups is 1. The number of aromatic nitrogens is 1. The van der Waals surface area contributed by atoms with Gasteiger partial charge in [0.05, 0.1) is 24.8 Å². The van der Waals surface area contributed by atoms with E-state index >= 15 is 0 Å². The number of nitrogens with one attached hydrogen (secondary N) is 3. The van der Waals surface area contributed by atoms with Crippen LogP contribution in [0.5, 0.6) is 11.5 Å². The van der Waals surface area contributed by atoms with Gasteiger partial charge in [-0.15, -0.1) is 0 Å². The van der Waals surface area contributed by atoms with Crippen molar-refractivity contribution in [1.82, 2.24) is 30.7 Å². The molecule has 0 radical (unpaired) electrons. The lowest BCUT2D eigenvalue weighted by Crippen LogP contribution is -2.56. The van der Waals surface area contributed by atoms with Crippen LogP contribution in [0, 0.1) is 0 Å². The highest BCUT2D eigenvalue weighted by atomic mass is 16.5. The van der Waals surface area contributed by atoms with Crippen LogP contribution in [0.1, 0.15) is 104 Å². The van der Waals surface area contributed by atoms with Gasteiger partial charge in [0, 0.05) is 62.1 Å². The quantitative estimate of drug-likeness (QED) is 0.0808. The summed E-state index contributed by atoms with van der Waals surface area (Å²) in [5.41, 5.74) is 1.72. The summed E-state index contributed by atoms with van der Waals surface area (Å²) >= 11 is 0. The first kappa shape index (κ1) is 44.2. The zero-order valence-corrected chi connectivity index (χ0v) is 35.7. The molecule has 3 aromatic carbocycles. The number of likely N-dealkylation sites (tertiary alicyclic amines) is 1. The molecular formula is C48H48N6O11. The number of amides is 7. The minimum absolute atomic E-state index is 0.0249. The van der Waals surface area contributed by atoms with Gasteiger partial charge in [-0.05, 0) is 85.5 Å². The second kappa shape index (κ2) is 18.7. The Morgan fingerprint density at radius 3 is 2.25 bits per heavy atom. The predicted molar refractivity (Wildman–Crippen MR) is 232 cm³/mol. The van der Waals surface area contributed by atoms with Crippen molar-refractivity contribution in [3.05, 3.63) is 113 Å². The summed E-state index contributed by atoms with van der Waals surface area (Å²) in [6, 6.07) is 19.2. The topological polar surface area (TPSA) is 231 Å². The maximum atomic E-state index is 13.5. The number of hydrogen-bond donors (Lipinski definition) is 4. The van der Waals surface area contributed by atoms with Crippen LogP contribution in [-0.4, -0.2) is 112 Å². The molecule has 2 fully saturated rings. The van der Waals surface area contributed by atoms with Crippen LogP contribution in [0.15, 0.2) is 79.0 Å². The number of carbonyl (C=O) groups excluding carboxylic acids is 8. The largest absolute Gasteiger partial charge is 0.505 e. The van der Waals surface area contributed by atoms with E-state index < -0.39 is 47.1 Å². The Labute approximate surface area is 373 Å². The molecule has 4 N–H and O–H groups in total. The van der Waals surface area contributed by atoms with Gasteiger partial charge in [0.25, 0.3) is 23.6 Å². The number of benzene rings is 3. The number of ether oxygens (including phenoxy) is 2. The second-order valence-electron chi connectivity index (χ2n) is 16.7. The predicted octanol–water partition coefficient (Wildman–Crippen LogP) is 3.66. The number of hydrogen-bond acceptors (Lipinski definition) is 12. The third kappa shape index (κ3) is 9.03. The van der Waals surface area contributed by atoms with Crippen LogP contribution in [-0.2, 0) is 36.8 Å². The summed E-state index contributed by atoms with van der Waals surface area (Å²) in [5, 5.41) is 19.3. The zero-order valence-electron chi connectivity index (χ0n) is 35.7. The molecule has 4 aromatic rings. The van der Waals surface area contributed by atoms with Crippen molar-refractivity contribution in [1.29, 1.82) is 0 Å². The molecule has 2 saturated heterocycles. The third-order valence-corrected chi connectivity index (χ3v) is 12.5. The van der Waals surface area contributed by atoms with Crippen molar-refractivity contribution in [3.63, 3.8) is 0 Å². The summed E-state index contributed by atoms with van der Waals surface area (Å²) in [4.78, 5) is 110. The lowest BCUT2D eigenvalue weighted by molar-refractivity contribution is -0.148. The van der Waals surface area contributed by atoms with Gasteiger partial charge in [-0.2, -0.15) is 0 Å². The van der Waals surface area contributed by atoms with Crippen LogP contribution >= 0.6 is 0 Å². The van der Waals surface area contributed by atoms with Gasteiger partial charge in [0.15, 0.2) is 11.4 Å². The van der Waals surface area contributed by atoms with E-state index in [0.717, 1.165) is 16.0 Å². The highest BCUT2D eigenvalue weighted by Crippen LogP contribution is 2.36. The average molecular weight is 885 g/mol. The van der Waals surface area contributed by atoms with Gasteiger partial charge in [-0.1, -0.05) is 42.5 Å². The fourth-order valence-electron chi connectivity index (χ4n) is 9.07. The zero-order chi connectivity index (χ0) is 45.8. The number of carbonyl (C=O) groups is 8. The van der Waals surface area contributed by atoms with Gasteiger partial charge in [0.1, 0.15) is 17.3 Å². The molecule has 0 bridgehead atoms. The number of rotatable bonds is 14. The van der Waals surface area contributed by atoms with Gasteiger partial charge in [-0.25, -0.2) is 9.78 Å². The Morgan fingerprint density at radius 1 is 0.831 bits per heavy atom. The summed E-state index contributed by atoms with van der Waals surface area (Å²) in [7, 11) is 1.26. The number of pyridine rings is 1. The molecule has 3 aliphatic heterocycles. The standard InChI is InChI=1S/C48H48N6O11/c1-64-47(63)48(26-30-8-4-5-9-31(30)27-48)52-44(60)40-41(57)33(19-22-49-40)28-13-15-29(16-14-28)42(58)50-32-20-23-53(24-21-32)38(56)12-3-2-6-25-65-36-11-7-10-34-39(36)46(62)54(45(34)61)35-17-18-37(55)51-43(35)59/h4-5,7-11,13-16,19,22,32,35,57H,2-3,6,12,17-18,20-21,23-27H2,1H3,(H,50,58)(H,52,60)(H,51,55,59). The van der Waals surface area contributed by atoms with Gasteiger partial charge < -0.3 is 30.1 Å². The number of fused-ring (bicyclic) bond motifs is 2. The molecule has 8 rings (SSSR count). The molecule has 336 valence electrons. The first-order valence-corrected chi connectivity index (χ1v) is 21.7. The van der Waals surface area contributed by atoms with E-state index in [2.05, 4.69) is 20.9 Å². The van der Waals surface area contributed by atoms with E-state index in [1.54, 1.807) is 47.4 Å². The number of nitrogens with zero attached hydrogens (tertiary/aromatic N) is 3. The molecule has 1 aliphatic carbocycles. The molecule has 1 aromatic heterocycles. The van der Waals surface area contributed by atoms with Gasteiger partial charge in [0.2, 0.25) is 17.7 Å². The summed E-state index contributed by atoms with van der Waals surface area (Å²) in [6.45, 7) is 1.25. The molecule has 4 aliphatic rings. The fourth-order valence-corrected chi connectivity index (χ4v) is 9.07. The Bertz CT molecular complexity index is 2560. The Kier molecular flexibility index (Phi) is 12.7. The van der Waals surface area contributed by atoms with Crippen molar-refractivity contribution >= 4 is 47.3 Å². The van der Waals surface area contributed by atoms with Crippen molar-refractivity contribution in [2.75, 3.05) is 26.8 Å². The minimum atomic E-state index is -1.35. The van der Waals surface area contributed by atoms with E-state index in [-0.39, 0.29) is 78.5 Å². The summed E-state index contributed by atoms with van der Waals surface area (Å²) in [5.74, 6) is -4.08. The molecule has 1 atom stereocenters. The normalized spacial score (nSPS) is 17.8. The molecule has 0 spiro atoms. The number of piperidine rings is 2. The van der Waals surface area contributed by atoms with E-state index in [0.29, 0.717) is 68.3 Å². The Balaban J connectivity index is 0.765. The van der Waals surface area contributed by atoms with E-state index in [4.69, 9.17) is 9.47 Å². The van der Waals surface area contributed by atoms with Crippen molar-refractivity contribution in [2.24, 2.45) is 0 Å². The van der Waals surface area contributed by atoms with Crippen LogP contribution in [0.2, 0.25) is 0 Å². The molecule has 4 heterocycles. The molecule has 17 heteroatoms.